The number of benzene rings is 5. The van der Waals surface area contributed by atoms with E-state index in [9.17, 15) is 79.5 Å². The van der Waals surface area contributed by atoms with Gasteiger partial charge in [-0.2, -0.15) is 0 Å². The van der Waals surface area contributed by atoms with Gasteiger partial charge in [-0.25, -0.2) is 0 Å². The van der Waals surface area contributed by atoms with Gasteiger partial charge >= 0.3 is 0 Å². The van der Waals surface area contributed by atoms with Crippen LogP contribution in [0.3, 0.4) is 0 Å². The van der Waals surface area contributed by atoms with Crippen molar-refractivity contribution in [3.8, 4) is 39.1 Å². The Morgan fingerprint density at radius 1 is 0.549 bits per heavy atom. The second-order valence-corrected chi connectivity index (χ2v) is 21.1. The first kappa shape index (κ1) is 60.0. The van der Waals surface area contributed by atoms with Crippen LogP contribution in [-0.2, 0) is 28.8 Å². The van der Waals surface area contributed by atoms with E-state index in [1.807, 2.05) is 78.9 Å². The zero-order valence-electron chi connectivity index (χ0n) is 44.9. The van der Waals surface area contributed by atoms with Crippen molar-refractivity contribution in [2.45, 2.75) is 119 Å². The van der Waals surface area contributed by atoms with Crippen molar-refractivity contribution < 1.29 is 79.5 Å². The number of amides is 7. The lowest BCUT2D eigenvalue weighted by atomic mass is 9.96. The van der Waals surface area contributed by atoms with Crippen LogP contribution in [0.1, 0.15) is 55.6 Å². The van der Waals surface area contributed by atoms with Crippen LogP contribution >= 0.6 is 0 Å². The van der Waals surface area contributed by atoms with Crippen LogP contribution < -0.4 is 26.6 Å². The molecule has 3 fully saturated rings. The van der Waals surface area contributed by atoms with Gasteiger partial charge in [-0.05, 0) is 77.1 Å². The van der Waals surface area contributed by atoms with Crippen LogP contribution in [0.15, 0.2) is 127 Å². The lowest BCUT2D eigenvalue weighted by Crippen LogP contribution is -2.64. The highest BCUT2D eigenvalue weighted by Crippen LogP contribution is 2.30. The second-order valence-electron chi connectivity index (χ2n) is 21.1. The molecule has 5 aromatic rings. The van der Waals surface area contributed by atoms with Gasteiger partial charge in [0.2, 0.25) is 35.4 Å². The fraction of sp³-hybridized carbons (Fsp3) is 0.373. The topological polar surface area (TPSA) is 368 Å². The maximum atomic E-state index is 14.5. The summed E-state index contributed by atoms with van der Waals surface area (Å²) in [4.78, 5) is 102. The molecule has 0 spiro atoms. The van der Waals surface area contributed by atoms with E-state index in [1.54, 1.807) is 12.1 Å². The van der Waals surface area contributed by atoms with Gasteiger partial charge in [-0.1, -0.05) is 110 Å². The van der Waals surface area contributed by atoms with Crippen LogP contribution in [0.2, 0.25) is 0 Å². The molecule has 434 valence electrons. The summed E-state index contributed by atoms with van der Waals surface area (Å²) in [5.74, 6) is -9.45. The minimum absolute atomic E-state index is 0.0111. The smallest absolute Gasteiger partial charge is 0.251 e. The van der Waals surface area contributed by atoms with Crippen molar-refractivity contribution in [2.75, 3.05) is 13.1 Å². The van der Waals surface area contributed by atoms with E-state index >= 15 is 0 Å². The number of aromatic hydroxyl groups is 1. The number of nitrogens with zero attached hydrogens (tertiary/aromatic N) is 2. The van der Waals surface area contributed by atoms with E-state index in [1.165, 1.54) is 31.2 Å². The van der Waals surface area contributed by atoms with Crippen LogP contribution in [-0.4, -0.2) is 189 Å². The highest BCUT2D eigenvalue weighted by Gasteiger charge is 2.50. The number of hydrogen-bond acceptors (Lipinski definition) is 16. The van der Waals surface area contributed by atoms with E-state index in [2.05, 4.69) is 26.6 Å². The highest BCUT2D eigenvalue weighted by molar-refractivity contribution is 6.00. The average Bonchev–Trinajstić information content (AvgIpc) is 4.03. The summed E-state index contributed by atoms with van der Waals surface area (Å²) >= 11 is 0. The van der Waals surface area contributed by atoms with E-state index in [-0.39, 0.29) is 23.4 Å². The predicted octanol–water partition coefficient (Wildman–Crippen LogP) is -0.829. The third-order valence-corrected chi connectivity index (χ3v) is 15.2. The standard InChI is InChI=1S/C59H67N7O16/c1-29-27-66-48(49(29)72)57(80)64-55(78)44(71)26-42(60-52(75)39-19-17-37(18-20-39)36-15-13-35(14-16-36)34-11-9-33(10-12-34)32-7-5-4-6-8-32)53(76)61-45(30(2)67)58(81)65-28-41(70)25-43(65)54(77)63-47(56(79)62-46(31(3)68)59(66)82)51(74)50(73)38-21-23-40(69)24-22-38/h4-24,29-31,41-51,55,67-74,78H,25-28H2,1-3H3,(H,60,75)(H,61,76)(H,62,79)(H,63,77)(H,64,80)/t29-,30+,31+,41+,42-,43-,44+,45-,46-,47-,48-,49-,50-,51-,55+/m0/s1. The Morgan fingerprint density at radius 3 is 1.55 bits per heavy atom. The van der Waals surface area contributed by atoms with Gasteiger partial charge in [0.25, 0.3) is 5.91 Å². The van der Waals surface area contributed by atoms with Crippen LogP contribution in [0.4, 0.5) is 0 Å². The van der Waals surface area contributed by atoms with Gasteiger partial charge in [-0.15, -0.1) is 0 Å². The maximum absolute atomic E-state index is 14.5. The molecule has 0 unspecified atom stereocenters. The summed E-state index contributed by atoms with van der Waals surface area (Å²) in [7, 11) is 0. The van der Waals surface area contributed by atoms with Gasteiger partial charge in [0, 0.05) is 37.4 Å². The summed E-state index contributed by atoms with van der Waals surface area (Å²) in [5.41, 5.74) is 5.59. The first-order valence-corrected chi connectivity index (χ1v) is 26.7. The molecular weight excluding hydrogens is 1060 g/mol. The molecule has 3 heterocycles. The second kappa shape index (κ2) is 25.8. The van der Waals surface area contributed by atoms with Crippen LogP contribution in [0, 0.1) is 5.92 Å². The molecule has 3 saturated heterocycles. The average molecular weight is 1130 g/mol. The molecule has 82 heavy (non-hydrogen) atoms. The Kier molecular flexibility index (Phi) is 18.8. The molecule has 8 rings (SSSR count). The molecule has 0 aliphatic carbocycles. The van der Waals surface area contributed by atoms with Crippen LogP contribution in [0.25, 0.3) is 33.4 Å². The number of phenolic OH excluding ortho intramolecular Hbond substituents is 1. The molecule has 0 saturated carbocycles. The Morgan fingerprint density at radius 2 is 1.02 bits per heavy atom. The van der Waals surface area contributed by atoms with Crippen molar-refractivity contribution in [3.05, 3.63) is 139 Å². The van der Waals surface area contributed by atoms with Gasteiger partial charge in [-0.3, -0.25) is 33.6 Å². The quantitative estimate of drug-likeness (QED) is 0.0812. The van der Waals surface area contributed by atoms with E-state index < -0.39 is 152 Å². The van der Waals surface area contributed by atoms with E-state index in [0.29, 0.717) is 0 Å². The Bertz CT molecular complexity index is 3100. The Labute approximate surface area is 471 Å². The zero-order valence-corrected chi connectivity index (χ0v) is 44.9. The summed E-state index contributed by atoms with van der Waals surface area (Å²) < 4.78 is 0. The van der Waals surface area contributed by atoms with Gasteiger partial charge < -0.3 is 82.3 Å². The van der Waals surface area contributed by atoms with E-state index in [0.717, 1.165) is 69.2 Å². The minimum atomic E-state index is -2.29. The molecule has 3 aliphatic rings. The van der Waals surface area contributed by atoms with Crippen molar-refractivity contribution >= 4 is 41.4 Å². The predicted molar refractivity (Wildman–Crippen MR) is 294 cm³/mol. The number of aliphatic hydroxyl groups is 8. The fourth-order valence-corrected chi connectivity index (χ4v) is 10.4. The number of carbonyl (C=O) groups is 7. The largest absolute Gasteiger partial charge is 0.508 e. The zero-order chi connectivity index (χ0) is 59.3. The van der Waals surface area contributed by atoms with Gasteiger partial charge in [0.05, 0.1) is 24.4 Å². The molecule has 0 aromatic heterocycles. The lowest BCUT2D eigenvalue weighted by molar-refractivity contribution is -0.148. The summed E-state index contributed by atoms with van der Waals surface area (Å²) in [5, 5.41) is 111. The summed E-state index contributed by atoms with van der Waals surface area (Å²) in [6, 6.07) is 25.2. The van der Waals surface area contributed by atoms with Crippen molar-refractivity contribution in [1.82, 2.24) is 36.4 Å². The van der Waals surface area contributed by atoms with Crippen molar-refractivity contribution in [2.24, 2.45) is 5.92 Å². The minimum Gasteiger partial charge on any atom is -0.508 e. The number of hydrogen-bond donors (Lipinski definition) is 14. The monoisotopic (exact) mass is 1130 g/mol. The first-order valence-electron chi connectivity index (χ1n) is 26.7. The van der Waals surface area contributed by atoms with Crippen molar-refractivity contribution in [1.29, 1.82) is 0 Å². The number of rotatable bonds is 10. The molecule has 3 aliphatic heterocycles. The summed E-state index contributed by atoms with van der Waals surface area (Å²) in [6.45, 7) is 2.70. The molecule has 0 bridgehead atoms. The molecule has 7 amide bonds. The number of phenols is 1. The van der Waals surface area contributed by atoms with Gasteiger partial charge in [0.15, 0.2) is 6.23 Å². The van der Waals surface area contributed by atoms with Crippen LogP contribution in [0.5, 0.6) is 5.75 Å². The van der Waals surface area contributed by atoms with Gasteiger partial charge in [0.1, 0.15) is 60.3 Å². The molecule has 14 N–H and O–H groups in total. The lowest BCUT2D eigenvalue weighted by Gasteiger charge is -2.34. The normalized spacial score (nSPS) is 27.5. The molecule has 5 aromatic carbocycles. The molecule has 0 radical (unpaired) electrons. The number of carbonyl (C=O) groups excluding carboxylic acids is 7. The molecule has 15 atom stereocenters. The fourth-order valence-electron chi connectivity index (χ4n) is 10.4. The van der Waals surface area contributed by atoms with Crippen molar-refractivity contribution in [3.63, 3.8) is 0 Å². The molecule has 23 nitrogen and oxygen atoms in total. The third kappa shape index (κ3) is 13.4. The number of fused-ring (bicyclic) bond motifs is 2. The van der Waals surface area contributed by atoms with E-state index in [4.69, 9.17) is 0 Å². The summed E-state index contributed by atoms with van der Waals surface area (Å²) in [6.07, 6.45) is -16.8. The molecule has 23 heteroatoms. The Hall–Kier alpha value is -8.13. The number of aliphatic hydroxyl groups excluding tert-OH is 8. The SMILES string of the molecule is C[C@@H](O)[C@@H]1NC(=O)[C@H]([C@H](O)[C@@H](O)c2ccc(O)cc2)NC(=O)[C@@H]2C[C@@H](O)CN2C(=O)[C@H]([C@@H](C)O)NC(=O)[C@@H](NC(=O)c2ccc(-c3ccc(-c4ccc(-c5ccccc5)cc4)cc3)cc2)C[C@@H](O)[C@@H](O)NC(=O)[C@@H]2[C@@H](O)[C@@H](C)CN2C1=O. The first-order chi connectivity index (χ1) is 39.0. The third-order valence-electron chi connectivity index (χ3n) is 15.2. The number of nitrogens with one attached hydrogen (secondary N) is 5. The highest BCUT2D eigenvalue weighted by atomic mass is 16.3. The Balaban J connectivity index is 1.08. The molecular formula is C59H67N7O16. The maximum Gasteiger partial charge on any atom is 0.251 e.